The molecule has 8 heteroatoms. The lowest BCUT2D eigenvalue weighted by atomic mass is 10.1. The number of carbonyl (C=O) groups excluding carboxylic acids is 2. The molecule has 5 nitrogen and oxygen atoms in total. The number of halogens is 3. The molecule has 2 aliphatic heterocycles. The molecule has 0 bridgehead atoms. The topological polar surface area (TPSA) is 52.7 Å². The van der Waals surface area contributed by atoms with Crippen molar-refractivity contribution in [3.05, 3.63) is 54.1 Å². The number of benzene rings is 2. The fraction of sp³-hybridized carbons (Fsp3) is 0.364. The number of hydrogen-bond donors (Lipinski definition) is 1. The molecule has 2 amide bonds. The second-order valence-corrected chi connectivity index (χ2v) is 7.68. The molecule has 0 aromatic heterocycles. The van der Waals surface area contributed by atoms with Gasteiger partial charge in [-0.1, -0.05) is 0 Å². The molecule has 2 saturated heterocycles. The predicted octanol–water partition coefficient (Wildman–Crippen LogP) is 4.30. The minimum Gasteiger partial charge on any atom is -0.372 e. The first-order chi connectivity index (χ1) is 14.3. The maximum absolute atomic E-state index is 12.7. The summed E-state index contributed by atoms with van der Waals surface area (Å²) in [6.45, 7) is 2.32. The molecule has 1 atom stereocenters. The molecule has 30 heavy (non-hydrogen) atoms. The average Bonchev–Trinajstić information content (AvgIpc) is 3.38. The highest BCUT2D eigenvalue weighted by molar-refractivity contribution is 6.03. The molecule has 0 spiro atoms. The molecule has 0 radical (unpaired) electrons. The Morgan fingerprint density at radius 1 is 0.933 bits per heavy atom. The maximum atomic E-state index is 12.7. The van der Waals surface area contributed by atoms with Gasteiger partial charge in [-0.3, -0.25) is 9.59 Å². The molecule has 0 aliphatic carbocycles. The van der Waals surface area contributed by atoms with Crippen LogP contribution in [-0.2, 0) is 15.8 Å². The molecule has 2 heterocycles. The van der Waals surface area contributed by atoms with Crippen LogP contribution in [0.1, 0.15) is 24.8 Å². The van der Waals surface area contributed by atoms with E-state index < -0.39 is 17.7 Å². The lowest BCUT2D eigenvalue weighted by Gasteiger charge is -2.20. The van der Waals surface area contributed by atoms with Gasteiger partial charge in [0, 0.05) is 43.1 Å². The summed E-state index contributed by atoms with van der Waals surface area (Å²) in [5.74, 6) is -1.08. The molecule has 158 valence electrons. The van der Waals surface area contributed by atoms with E-state index in [9.17, 15) is 22.8 Å². The first kappa shape index (κ1) is 20.3. The Bertz CT molecular complexity index is 920. The van der Waals surface area contributed by atoms with Crippen LogP contribution in [0.2, 0.25) is 0 Å². The van der Waals surface area contributed by atoms with Crippen molar-refractivity contribution in [2.75, 3.05) is 34.8 Å². The highest BCUT2D eigenvalue weighted by Gasteiger charge is 2.35. The van der Waals surface area contributed by atoms with Gasteiger partial charge in [-0.25, -0.2) is 0 Å². The number of rotatable bonds is 4. The van der Waals surface area contributed by atoms with Crippen molar-refractivity contribution in [1.82, 2.24) is 0 Å². The molecule has 2 fully saturated rings. The zero-order valence-electron chi connectivity index (χ0n) is 16.3. The van der Waals surface area contributed by atoms with Gasteiger partial charge in [0.1, 0.15) is 0 Å². The SMILES string of the molecule is O=C(Nc1ccc(C(F)(F)F)cc1)C1CC(=O)N(c2ccc(N3CCCC3)cc2)C1. The van der Waals surface area contributed by atoms with Crippen molar-refractivity contribution in [2.24, 2.45) is 5.92 Å². The maximum Gasteiger partial charge on any atom is 0.416 e. The van der Waals surface area contributed by atoms with E-state index in [0.717, 1.165) is 36.6 Å². The van der Waals surface area contributed by atoms with Crippen LogP contribution in [0.5, 0.6) is 0 Å². The Balaban J connectivity index is 1.38. The molecular formula is C22H22F3N3O2. The number of amides is 2. The van der Waals surface area contributed by atoms with Crippen LogP contribution in [0, 0.1) is 5.92 Å². The van der Waals surface area contributed by atoms with Gasteiger partial charge in [0.2, 0.25) is 11.8 Å². The third kappa shape index (κ3) is 4.27. The van der Waals surface area contributed by atoms with Gasteiger partial charge in [0.25, 0.3) is 0 Å². The minimum atomic E-state index is -4.43. The first-order valence-corrected chi connectivity index (χ1v) is 9.95. The van der Waals surface area contributed by atoms with E-state index in [4.69, 9.17) is 0 Å². The Morgan fingerprint density at radius 2 is 1.53 bits per heavy atom. The van der Waals surface area contributed by atoms with Crippen molar-refractivity contribution < 1.29 is 22.8 Å². The standard InChI is InChI=1S/C22H22F3N3O2/c23-22(24,25)16-3-5-17(6-4-16)26-21(30)15-13-20(29)28(14-15)19-9-7-18(8-10-19)27-11-1-2-12-27/h3-10,15H,1-2,11-14H2,(H,26,30). The molecule has 1 unspecified atom stereocenters. The van der Waals surface area contributed by atoms with Crippen molar-refractivity contribution in [2.45, 2.75) is 25.4 Å². The van der Waals surface area contributed by atoms with Gasteiger partial charge in [-0.2, -0.15) is 13.2 Å². The van der Waals surface area contributed by atoms with E-state index in [1.165, 1.54) is 25.0 Å². The second-order valence-electron chi connectivity index (χ2n) is 7.68. The van der Waals surface area contributed by atoms with Crippen LogP contribution >= 0.6 is 0 Å². The molecule has 1 N–H and O–H groups in total. The zero-order chi connectivity index (χ0) is 21.3. The molecule has 2 aromatic rings. The molecule has 0 saturated carbocycles. The van der Waals surface area contributed by atoms with Gasteiger partial charge in [0.05, 0.1) is 11.5 Å². The first-order valence-electron chi connectivity index (χ1n) is 9.95. The minimum absolute atomic E-state index is 0.0698. The number of alkyl halides is 3. The van der Waals surface area contributed by atoms with E-state index in [1.54, 1.807) is 4.90 Å². The van der Waals surface area contributed by atoms with Crippen LogP contribution in [0.4, 0.5) is 30.2 Å². The summed E-state index contributed by atoms with van der Waals surface area (Å²) in [7, 11) is 0. The predicted molar refractivity (Wildman–Crippen MR) is 108 cm³/mol. The van der Waals surface area contributed by atoms with Crippen LogP contribution in [0.25, 0.3) is 0 Å². The zero-order valence-corrected chi connectivity index (χ0v) is 16.3. The van der Waals surface area contributed by atoms with Crippen molar-refractivity contribution in [1.29, 1.82) is 0 Å². The molecule has 2 aromatic carbocycles. The summed E-state index contributed by atoms with van der Waals surface area (Å²) in [6.07, 6.45) is -1.99. The van der Waals surface area contributed by atoms with Crippen molar-refractivity contribution >= 4 is 28.9 Å². The Morgan fingerprint density at radius 3 is 2.13 bits per heavy atom. The lowest BCUT2D eigenvalue weighted by Crippen LogP contribution is -2.28. The third-order valence-corrected chi connectivity index (χ3v) is 5.61. The summed E-state index contributed by atoms with van der Waals surface area (Å²) in [5.41, 5.74) is 1.36. The third-order valence-electron chi connectivity index (χ3n) is 5.61. The van der Waals surface area contributed by atoms with Gasteiger partial charge in [-0.15, -0.1) is 0 Å². The Labute approximate surface area is 172 Å². The summed E-state index contributed by atoms with van der Waals surface area (Å²) in [5, 5.41) is 2.61. The van der Waals surface area contributed by atoms with Gasteiger partial charge in [0.15, 0.2) is 0 Å². The van der Waals surface area contributed by atoms with Crippen LogP contribution in [-0.4, -0.2) is 31.4 Å². The van der Waals surface area contributed by atoms with Crippen LogP contribution in [0.3, 0.4) is 0 Å². The largest absolute Gasteiger partial charge is 0.416 e. The summed E-state index contributed by atoms with van der Waals surface area (Å²) < 4.78 is 38.0. The Hall–Kier alpha value is -3.03. The van der Waals surface area contributed by atoms with Gasteiger partial charge >= 0.3 is 6.18 Å². The van der Waals surface area contributed by atoms with E-state index in [-0.39, 0.29) is 30.5 Å². The quantitative estimate of drug-likeness (QED) is 0.807. The van der Waals surface area contributed by atoms with Crippen molar-refractivity contribution in [3.8, 4) is 0 Å². The fourth-order valence-corrected chi connectivity index (χ4v) is 3.94. The van der Waals surface area contributed by atoms with E-state index in [0.29, 0.717) is 0 Å². The van der Waals surface area contributed by atoms with Gasteiger partial charge < -0.3 is 15.1 Å². The average molecular weight is 417 g/mol. The van der Waals surface area contributed by atoms with E-state index >= 15 is 0 Å². The van der Waals surface area contributed by atoms with Crippen LogP contribution in [0.15, 0.2) is 48.5 Å². The number of nitrogens with zero attached hydrogens (tertiary/aromatic N) is 2. The second kappa shape index (κ2) is 8.01. The smallest absolute Gasteiger partial charge is 0.372 e. The Kier molecular flexibility index (Phi) is 5.40. The summed E-state index contributed by atoms with van der Waals surface area (Å²) >= 11 is 0. The highest BCUT2D eigenvalue weighted by atomic mass is 19.4. The lowest BCUT2D eigenvalue weighted by molar-refractivity contribution is -0.137. The summed E-state index contributed by atoms with van der Waals surface area (Å²) in [6, 6.07) is 12.0. The molecular weight excluding hydrogens is 395 g/mol. The highest BCUT2D eigenvalue weighted by Crippen LogP contribution is 2.31. The number of carbonyl (C=O) groups is 2. The molecule has 4 rings (SSSR count). The number of nitrogens with one attached hydrogen (secondary N) is 1. The number of hydrogen-bond acceptors (Lipinski definition) is 3. The molecule has 2 aliphatic rings. The van der Waals surface area contributed by atoms with E-state index in [1.807, 2.05) is 24.3 Å². The number of anilines is 3. The van der Waals surface area contributed by atoms with Crippen LogP contribution < -0.4 is 15.1 Å². The normalized spacial score (nSPS) is 19.4. The fourth-order valence-electron chi connectivity index (χ4n) is 3.94. The van der Waals surface area contributed by atoms with Crippen molar-refractivity contribution in [3.63, 3.8) is 0 Å². The van der Waals surface area contributed by atoms with E-state index in [2.05, 4.69) is 10.2 Å². The monoisotopic (exact) mass is 417 g/mol. The van der Waals surface area contributed by atoms with Gasteiger partial charge in [-0.05, 0) is 61.4 Å². The summed E-state index contributed by atoms with van der Waals surface area (Å²) in [4.78, 5) is 28.9.